The number of carbonyl (C=O) groups excluding carboxylic acids is 2. The van der Waals surface area contributed by atoms with Crippen molar-refractivity contribution in [3.05, 3.63) is 63.7 Å². The number of nitrogens with two attached hydrogens (primary N) is 2. The lowest BCUT2D eigenvalue weighted by Crippen LogP contribution is -2.18. The number of amides is 2. The van der Waals surface area contributed by atoms with Crippen LogP contribution in [-0.4, -0.2) is 16.8 Å². The van der Waals surface area contributed by atoms with E-state index < -0.39 is 5.91 Å². The number of benzene rings is 1. The van der Waals surface area contributed by atoms with Crippen molar-refractivity contribution in [2.45, 2.75) is 33.1 Å². The molecule has 8 heteroatoms. The fourth-order valence-corrected chi connectivity index (χ4v) is 6.70. The van der Waals surface area contributed by atoms with Gasteiger partial charge in [0.2, 0.25) is 0 Å². The van der Waals surface area contributed by atoms with Crippen LogP contribution < -0.4 is 16.8 Å². The maximum atomic E-state index is 13.2. The molecule has 5 N–H and O–H groups in total. The third-order valence-corrected chi connectivity index (χ3v) is 8.16. The van der Waals surface area contributed by atoms with Crippen molar-refractivity contribution < 1.29 is 9.59 Å². The van der Waals surface area contributed by atoms with Crippen LogP contribution in [0.3, 0.4) is 0 Å². The minimum Gasteiger partial charge on any atom is -0.397 e. The number of thiophene rings is 2. The zero-order valence-corrected chi connectivity index (χ0v) is 20.0. The second kappa shape index (κ2) is 8.28. The number of primary amides is 1. The summed E-state index contributed by atoms with van der Waals surface area (Å²) < 4.78 is 0. The Morgan fingerprint density at radius 1 is 1.12 bits per heavy atom. The largest absolute Gasteiger partial charge is 0.397 e. The Bertz CT molecular complexity index is 1420. The van der Waals surface area contributed by atoms with Crippen LogP contribution in [0, 0.1) is 5.92 Å². The van der Waals surface area contributed by atoms with E-state index >= 15 is 0 Å². The number of hydrogen-bond donors (Lipinski definition) is 3. The van der Waals surface area contributed by atoms with E-state index in [9.17, 15) is 9.59 Å². The van der Waals surface area contributed by atoms with Gasteiger partial charge in [0.15, 0.2) is 0 Å². The number of aryl methyl sites for hydroxylation is 1. The van der Waals surface area contributed by atoms with Gasteiger partial charge in [-0.2, -0.15) is 0 Å². The summed E-state index contributed by atoms with van der Waals surface area (Å²) in [5, 5.41) is 4.17. The van der Waals surface area contributed by atoms with E-state index in [-0.39, 0.29) is 5.91 Å². The Kier molecular flexibility index (Phi) is 5.42. The van der Waals surface area contributed by atoms with Gasteiger partial charge in [-0.1, -0.05) is 38.1 Å². The number of nitrogens with one attached hydrogen (secondary N) is 1. The number of hydrogen-bond acceptors (Lipinski definition) is 6. The van der Waals surface area contributed by atoms with Crippen LogP contribution in [0.4, 0.5) is 10.7 Å². The standard InChI is InChI=1S/C25H24N4O2S2/c1-12(2)11-14-8-10-17-19(26)21(33-24(17)28-14)23(31)29-25-18(22(27)30)16-9-7-13-5-3-4-6-15(13)20(16)32-25/h3-6,8,10,12H,7,9,11,26H2,1-2H3,(H2,27,30)(H,29,31). The number of nitrogens with zero attached hydrogens (tertiary/aromatic N) is 1. The zero-order chi connectivity index (χ0) is 23.3. The van der Waals surface area contributed by atoms with Crippen molar-refractivity contribution in [1.82, 2.24) is 4.98 Å². The maximum absolute atomic E-state index is 13.2. The first-order chi connectivity index (χ1) is 15.8. The van der Waals surface area contributed by atoms with Crippen LogP contribution in [0.2, 0.25) is 0 Å². The molecule has 4 aromatic rings. The molecule has 0 saturated carbocycles. The fourth-order valence-electron chi connectivity index (χ4n) is 4.39. The molecule has 0 atom stereocenters. The van der Waals surface area contributed by atoms with Crippen LogP contribution in [0.15, 0.2) is 36.4 Å². The van der Waals surface area contributed by atoms with Crippen molar-refractivity contribution in [2.75, 3.05) is 11.1 Å². The Balaban J connectivity index is 1.52. The van der Waals surface area contributed by atoms with Crippen LogP contribution in [0.5, 0.6) is 0 Å². The molecule has 0 saturated heterocycles. The van der Waals surface area contributed by atoms with Gasteiger partial charge in [-0.25, -0.2) is 4.98 Å². The van der Waals surface area contributed by atoms with Crippen molar-refractivity contribution in [1.29, 1.82) is 0 Å². The molecule has 0 fully saturated rings. The molecular weight excluding hydrogens is 452 g/mol. The predicted octanol–water partition coefficient (Wildman–Crippen LogP) is 5.26. The zero-order valence-electron chi connectivity index (χ0n) is 18.4. The number of pyridine rings is 1. The number of fused-ring (bicyclic) bond motifs is 4. The average molecular weight is 477 g/mol. The van der Waals surface area contributed by atoms with Gasteiger partial charge >= 0.3 is 0 Å². The van der Waals surface area contributed by atoms with Crippen molar-refractivity contribution >= 4 is 55.4 Å². The number of carbonyl (C=O) groups is 2. The average Bonchev–Trinajstić information content (AvgIpc) is 3.30. The molecule has 0 spiro atoms. The van der Waals surface area contributed by atoms with E-state index in [2.05, 4.69) is 25.2 Å². The molecule has 1 aliphatic rings. The molecule has 6 nitrogen and oxygen atoms in total. The van der Waals surface area contributed by atoms with E-state index in [1.807, 2.05) is 30.3 Å². The molecule has 1 aromatic carbocycles. The van der Waals surface area contributed by atoms with Gasteiger partial charge in [0.25, 0.3) is 11.8 Å². The highest BCUT2D eigenvalue weighted by molar-refractivity contribution is 7.22. The number of anilines is 2. The van der Waals surface area contributed by atoms with Crippen molar-refractivity contribution in [3.8, 4) is 10.4 Å². The van der Waals surface area contributed by atoms with Crippen LogP contribution in [0.25, 0.3) is 20.7 Å². The summed E-state index contributed by atoms with van der Waals surface area (Å²) in [5.74, 6) is -0.404. The van der Waals surface area contributed by atoms with E-state index in [1.54, 1.807) is 0 Å². The predicted molar refractivity (Wildman–Crippen MR) is 136 cm³/mol. The van der Waals surface area contributed by atoms with Crippen LogP contribution in [0.1, 0.15) is 50.7 Å². The maximum Gasteiger partial charge on any atom is 0.268 e. The van der Waals surface area contributed by atoms with Gasteiger partial charge < -0.3 is 16.8 Å². The first kappa shape index (κ1) is 21.6. The second-order valence-electron chi connectivity index (χ2n) is 8.69. The van der Waals surface area contributed by atoms with Gasteiger partial charge in [0.05, 0.1) is 11.3 Å². The molecule has 168 valence electrons. The van der Waals surface area contributed by atoms with Crippen LogP contribution in [-0.2, 0) is 19.3 Å². The quantitative estimate of drug-likeness (QED) is 0.365. The van der Waals surface area contributed by atoms with E-state index in [4.69, 9.17) is 16.5 Å². The minimum atomic E-state index is -0.536. The lowest BCUT2D eigenvalue weighted by molar-refractivity contribution is 0.100. The van der Waals surface area contributed by atoms with Gasteiger partial charge in [-0.3, -0.25) is 9.59 Å². The lowest BCUT2D eigenvalue weighted by atomic mass is 9.89. The van der Waals surface area contributed by atoms with Crippen molar-refractivity contribution in [2.24, 2.45) is 11.7 Å². The molecular formula is C25H24N4O2S2. The van der Waals surface area contributed by atoms with E-state index in [1.165, 1.54) is 28.2 Å². The highest BCUT2D eigenvalue weighted by Crippen LogP contribution is 2.45. The van der Waals surface area contributed by atoms with E-state index in [0.29, 0.717) is 33.5 Å². The number of rotatable bonds is 5. The third-order valence-electron chi connectivity index (χ3n) is 5.86. The molecule has 0 aliphatic heterocycles. The van der Waals surface area contributed by atoms with Crippen LogP contribution >= 0.6 is 22.7 Å². The molecule has 3 heterocycles. The summed E-state index contributed by atoms with van der Waals surface area (Å²) in [4.78, 5) is 32.4. The smallest absolute Gasteiger partial charge is 0.268 e. The molecule has 0 bridgehead atoms. The Morgan fingerprint density at radius 2 is 1.91 bits per heavy atom. The minimum absolute atomic E-state index is 0.352. The first-order valence-electron chi connectivity index (χ1n) is 10.9. The fraction of sp³-hybridized carbons (Fsp3) is 0.240. The normalized spacial score (nSPS) is 12.6. The summed E-state index contributed by atoms with van der Waals surface area (Å²) >= 11 is 2.66. The topological polar surface area (TPSA) is 111 Å². The monoisotopic (exact) mass is 476 g/mol. The summed E-state index contributed by atoms with van der Waals surface area (Å²) in [6.07, 6.45) is 2.41. The molecule has 2 amide bonds. The molecule has 1 aliphatic carbocycles. The molecule has 0 unspecified atom stereocenters. The SMILES string of the molecule is CC(C)Cc1ccc2c(N)c(C(=O)Nc3sc4c(c3C(N)=O)CCc3ccccc3-4)sc2n1. The third kappa shape index (κ3) is 3.79. The van der Waals surface area contributed by atoms with Crippen molar-refractivity contribution in [3.63, 3.8) is 0 Å². The molecule has 0 radical (unpaired) electrons. The molecule has 5 rings (SSSR count). The summed E-state index contributed by atoms with van der Waals surface area (Å²) in [5.41, 5.74) is 17.1. The molecule has 33 heavy (non-hydrogen) atoms. The highest BCUT2D eigenvalue weighted by Gasteiger charge is 2.28. The van der Waals surface area contributed by atoms with Gasteiger partial charge in [-0.15, -0.1) is 22.7 Å². The van der Waals surface area contributed by atoms with Gasteiger partial charge in [0.1, 0.15) is 14.7 Å². The number of nitrogen functional groups attached to an aromatic ring is 1. The Labute approximate surface area is 199 Å². The summed E-state index contributed by atoms with van der Waals surface area (Å²) in [6.45, 7) is 4.28. The van der Waals surface area contributed by atoms with Gasteiger partial charge in [0, 0.05) is 16.0 Å². The summed E-state index contributed by atoms with van der Waals surface area (Å²) in [7, 11) is 0. The second-order valence-corrected chi connectivity index (χ2v) is 10.7. The van der Waals surface area contributed by atoms with E-state index in [0.717, 1.165) is 44.8 Å². The lowest BCUT2D eigenvalue weighted by Gasteiger charge is -2.16. The Hall–Kier alpha value is -3.23. The summed E-state index contributed by atoms with van der Waals surface area (Å²) in [6, 6.07) is 12.0. The van der Waals surface area contributed by atoms with Gasteiger partial charge in [-0.05, 0) is 54.0 Å². The number of aromatic nitrogens is 1. The molecule has 3 aromatic heterocycles. The Morgan fingerprint density at radius 3 is 2.67 bits per heavy atom. The first-order valence-corrected chi connectivity index (χ1v) is 12.5. The highest BCUT2D eigenvalue weighted by atomic mass is 32.1.